The van der Waals surface area contributed by atoms with Gasteiger partial charge in [0, 0.05) is 9.79 Å². The summed E-state index contributed by atoms with van der Waals surface area (Å²) in [4.78, 5) is 0.927. The summed E-state index contributed by atoms with van der Waals surface area (Å²) in [5.74, 6) is 0.102. The number of halogens is 1. The Hall–Kier alpha value is -1.76. The van der Waals surface area contributed by atoms with Crippen molar-refractivity contribution >= 4 is 10.8 Å². The van der Waals surface area contributed by atoms with Gasteiger partial charge in [0.1, 0.15) is 18.2 Å². The van der Waals surface area contributed by atoms with Crippen molar-refractivity contribution in [1.29, 1.82) is 0 Å². The molecule has 1 heterocycles. The van der Waals surface area contributed by atoms with E-state index >= 15 is 0 Å². The van der Waals surface area contributed by atoms with Crippen molar-refractivity contribution in [3.8, 4) is 5.75 Å². The lowest BCUT2D eigenvalue weighted by molar-refractivity contribution is 0.122. The molecule has 0 spiro atoms. The Labute approximate surface area is 150 Å². The van der Waals surface area contributed by atoms with Crippen LogP contribution in [0.15, 0.2) is 58.3 Å². The highest BCUT2D eigenvalue weighted by Crippen LogP contribution is 2.21. The van der Waals surface area contributed by atoms with Crippen LogP contribution in [0.5, 0.6) is 5.75 Å². The Kier molecular flexibility index (Phi) is 8.04. The van der Waals surface area contributed by atoms with Gasteiger partial charge in [-0.25, -0.2) is 8.60 Å². The molecular formula is C19H24FNO3S. The summed E-state index contributed by atoms with van der Waals surface area (Å²) in [5, 5.41) is 12.4. The Balaban J connectivity index is 0.000000386. The number of hydrogen-bond donors (Lipinski definition) is 2. The number of ether oxygens (including phenoxy) is 1. The molecule has 1 fully saturated rings. The zero-order valence-corrected chi connectivity index (χ0v) is 15.1. The lowest BCUT2D eigenvalue weighted by Gasteiger charge is -2.09. The molecule has 1 saturated heterocycles. The minimum absolute atomic E-state index is 0.163. The van der Waals surface area contributed by atoms with Gasteiger partial charge in [0.2, 0.25) is 0 Å². The first-order valence-corrected chi connectivity index (χ1v) is 9.50. The number of rotatable bonds is 5. The van der Waals surface area contributed by atoms with E-state index < -0.39 is 22.7 Å². The smallest absolute Gasteiger partial charge is 0.124 e. The number of aliphatic hydroxyl groups excluding tert-OH is 1. The fraction of sp³-hybridized carbons (Fsp3) is 0.368. The second kappa shape index (κ2) is 10.3. The summed E-state index contributed by atoms with van der Waals surface area (Å²) in [7, 11) is -1.46. The minimum Gasteiger partial charge on any atom is -0.491 e. The molecule has 3 rings (SSSR count). The van der Waals surface area contributed by atoms with E-state index in [1.54, 1.807) is 37.3 Å². The van der Waals surface area contributed by atoms with Crippen LogP contribution in [0.3, 0.4) is 0 Å². The molecule has 2 aromatic rings. The van der Waals surface area contributed by atoms with Crippen LogP contribution in [0, 0.1) is 5.82 Å². The normalized spacial score (nSPS) is 15.8. The largest absolute Gasteiger partial charge is 0.491 e. The van der Waals surface area contributed by atoms with E-state index in [0.717, 1.165) is 0 Å². The molecular weight excluding hydrogens is 341 g/mol. The van der Waals surface area contributed by atoms with Crippen molar-refractivity contribution < 1.29 is 18.4 Å². The van der Waals surface area contributed by atoms with Crippen molar-refractivity contribution in [3.63, 3.8) is 0 Å². The molecule has 0 amide bonds. The zero-order chi connectivity index (χ0) is 18.1. The summed E-state index contributed by atoms with van der Waals surface area (Å²) in [6, 6.07) is 12.4. The van der Waals surface area contributed by atoms with Crippen LogP contribution < -0.4 is 10.1 Å². The first-order chi connectivity index (χ1) is 12.1. The van der Waals surface area contributed by atoms with Crippen LogP contribution in [0.2, 0.25) is 0 Å². The predicted molar refractivity (Wildman–Crippen MR) is 96.8 cm³/mol. The molecule has 0 aromatic heterocycles. The van der Waals surface area contributed by atoms with E-state index in [1.165, 1.54) is 44.1 Å². The molecule has 0 saturated carbocycles. The highest BCUT2D eigenvalue weighted by molar-refractivity contribution is 7.85. The van der Waals surface area contributed by atoms with Gasteiger partial charge in [-0.3, -0.25) is 0 Å². The SMILES string of the molecule is C1CCNC1.CC(O)COc1cccc(S(=O)c2cccc(F)c2)c1. The van der Waals surface area contributed by atoms with Crippen LogP contribution in [0.25, 0.3) is 0 Å². The Morgan fingerprint density at radius 2 is 1.80 bits per heavy atom. The van der Waals surface area contributed by atoms with E-state index in [1.807, 2.05) is 0 Å². The van der Waals surface area contributed by atoms with Crippen LogP contribution in [0.4, 0.5) is 4.39 Å². The molecule has 2 N–H and O–H groups in total. The summed E-state index contributed by atoms with van der Waals surface area (Å²) in [6.07, 6.45) is 2.20. The van der Waals surface area contributed by atoms with Crippen LogP contribution in [0.1, 0.15) is 19.8 Å². The number of aliphatic hydroxyl groups is 1. The van der Waals surface area contributed by atoms with E-state index in [0.29, 0.717) is 15.5 Å². The van der Waals surface area contributed by atoms with Crippen molar-refractivity contribution in [1.82, 2.24) is 5.32 Å². The molecule has 1 aliphatic heterocycles. The summed E-state index contributed by atoms with van der Waals surface area (Å²) < 4.78 is 30.8. The molecule has 2 atom stereocenters. The second-order valence-corrected chi connectivity index (χ2v) is 7.30. The molecule has 4 nitrogen and oxygen atoms in total. The van der Waals surface area contributed by atoms with Crippen molar-refractivity contribution in [2.45, 2.75) is 35.7 Å². The molecule has 0 aliphatic carbocycles. The van der Waals surface area contributed by atoms with Gasteiger partial charge in [0.05, 0.1) is 16.9 Å². The number of nitrogens with one attached hydrogen (secondary N) is 1. The van der Waals surface area contributed by atoms with Gasteiger partial charge in [0.25, 0.3) is 0 Å². The summed E-state index contributed by atoms with van der Waals surface area (Å²) in [5.41, 5.74) is 0. The zero-order valence-electron chi connectivity index (χ0n) is 14.3. The first-order valence-electron chi connectivity index (χ1n) is 8.35. The van der Waals surface area contributed by atoms with Gasteiger partial charge in [-0.2, -0.15) is 0 Å². The Bertz CT molecular complexity index is 682. The molecule has 6 heteroatoms. The Morgan fingerprint density at radius 3 is 2.36 bits per heavy atom. The van der Waals surface area contributed by atoms with Crippen molar-refractivity contribution in [3.05, 3.63) is 54.3 Å². The highest BCUT2D eigenvalue weighted by atomic mass is 32.2. The molecule has 0 bridgehead atoms. The molecule has 2 aromatic carbocycles. The van der Waals surface area contributed by atoms with Crippen LogP contribution in [-0.4, -0.2) is 35.1 Å². The standard InChI is InChI=1S/C15H15FO3S.C4H9N/c1-11(17)10-19-13-5-3-7-15(9-13)20(18)14-6-2-4-12(16)8-14;1-2-4-5-3-1/h2-9,11,17H,10H2,1H3;5H,1-4H2. The van der Waals surface area contributed by atoms with Gasteiger partial charge >= 0.3 is 0 Å². The van der Waals surface area contributed by atoms with Gasteiger partial charge in [-0.1, -0.05) is 12.1 Å². The molecule has 136 valence electrons. The lowest BCUT2D eigenvalue weighted by Crippen LogP contribution is -2.12. The lowest BCUT2D eigenvalue weighted by atomic mass is 10.3. The van der Waals surface area contributed by atoms with Gasteiger partial charge in [-0.15, -0.1) is 0 Å². The molecule has 0 radical (unpaired) electrons. The third kappa shape index (κ3) is 6.94. The topological polar surface area (TPSA) is 58.6 Å². The van der Waals surface area contributed by atoms with E-state index in [-0.39, 0.29) is 6.61 Å². The number of hydrogen-bond acceptors (Lipinski definition) is 4. The van der Waals surface area contributed by atoms with E-state index in [4.69, 9.17) is 4.74 Å². The highest BCUT2D eigenvalue weighted by Gasteiger charge is 2.09. The van der Waals surface area contributed by atoms with Crippen molar-refractivity contribution in [2.24, 2.45) is 0 Å². The van der Waals surface area contributed by atoms with Gasteiger partial charge < -0.3 is 15.2 Å². The minimum atomic E-state index is -1.46. The van der Waals surface area contributed by atoms with Crippen LogP contribution in [-0.2, 0) is 10.8 Å². The first kappa shape index (κ1) is 19.6. The second-order valence-electron chi connectivity index (χ2n) is 5.82. The molecule has 2 unspecified atom stereocenters. The maximum Gasteiger partial charge on any atom is 0.124 e. The predicted octanol–water partition coefficient (Wildman–Crippen LogP) is 3.12. The van der Waals surface area contributed by atoms with Crippen molar-refractivity contribution in [2.75, 3.05) is 19.7 Å². The third-order valence-electron chi connectivity index (χ3n) is 3.48. The maximum atomic E-state index is 13.1. The van der Waals surface area contributed by atoms with Crippen LogP contribution >= 0.6 is 0 Å². The third-order valence-corrected chi connectivity index (χ3v) is 4.84. The fourth-order valence-electron chi connectivity index (χ4n) is 2.24. The molecule has 25 heavy (non-hydrogen) atoms. The molecule has 1 aliphatic rings. The average molecular weight is 365 g/mol. The number of benzene rings is 2. The summed E-state index contributed by atoms with van der Waals surface area (Å²) >= 11 is 0. The average Bonchev–Trinajstić information content (AvgIpc) is 3.19. The quantitative estimate of drug-likeness (QED) is 0.855. The van der Waals surface area contributed by atoms with E-state index in [9.17, 15) is 13.7 Å². The monoisotopic (exact) mass is 365 g/mol. The fourth-order valence-corrected chi connectivity index (χ4v) is 3.36. The van der Waals surface area contributed by atoms with Gasteiger partial charge in [-0.05, 0) is 69.3 Å². The van der Waals surface area contributed by atoms with Gasteiger partial charge in [0.15, 0.2) is 0 Å². The maximum absolute atomic E-state index is 13.1. The van der Waals surface area contributed by atoms with E-state index in [2.05, 4.69) is 5.32 Å². The summed E-state index contributed by atoms with van der Waals surface area (Å²) in [6.45, 7) is 4.28. The Morgan fingerprint density at radius 1 is 1.16 bits per heavy atom.